The molecule has 3 aromatic rings. The third-order valence-electron chi connectivity index (χ3n) is 3.53. The van der Waals surface area contributed by atoms with E-state index in [0.717, 1.165) is 11.1 Å². The van der Waals surface area contributed by atoms with E-state index in [1.807, 2.05) is 19.1 Å². The first-order chi connectivity index (χ1) is 11.1. The molecule has 2 N–H and O–H groups in total. The van der Waals surface area contributed by atoms with E-state index in [1.165, 1.54) is 17.2 Å². The van der Waals surface area contributed by atoms with Crippen molar-refractivity contribution in [2.24, 2.45) is 0 Å². The summed E-state index contributed by atoms with van der Waals surface area (Å²) in [6, 6.07) is 5.54. The maximum absolute atomic E-state index is 12.4. The summed E-state index contributed by atoms with van der Waals surface area (Å²) in [6.45, 7) is 2.35. The molecular weight excluding hydrogens is 296 g/mol. The van der Waals surface area contributed by atoms with Gasteiger partial charge in [-0.2, -0.15) is 10.1 Å². The Morgan fingerprint density at radius 3 is 3.00 bits per heavy atom. The Morgan fingerprint density at radius 1 is 1.35 bits per heavy atom. The average molecular weight is 312 g/mol. The Kier molecular flexibility index (Phi) is 4.13. The highest BCUT2D eigenvalue weighted by atomic mass is 16.1. The Hall–Kier alpha value is -3.03. The summed E-state index contributed by atoms with van der Waals surface area (Å²) in [5, 5.41) is 9.38. The second-order valence-electron chi connectivity index (χ2n) is 5.20. The molecule has 1 amide bonds. The van der Waals surface area contributed by atoms with Crippen LogP contribution in [0.15, 0.2) is 35.6 Å². The van der Waals surface area contributed by atoms with E-state index in [2.05, 4.69) is 25.5 Å². The highest BCUT2D eigenvalue weighted by Crippen LogP contribution is 2.11. The lowest BCUT2D eigenvalue weighted by molar-refractivity contribution is -0.116. The number of benzene rings is 1. The molecule has 0 aliphatic heterocycles. The van der Waals surface area contributed by atoms with Gasteiger partial charge in [0.15, 0.2) is 0 Å². The number of rotatable bonds is 5. The largest absolute Gasteiger partial charge is 0.299 e. The average Bonchev–Trinajstić information content (AvgIpc) is 3.03. The molecule has 3 rings (SSSR count). The van der Waals surface area contributed by atoms with Crippen LogP contribution in [-0.2, 0) is 11.3 Å². The molecule has 2 aromatic heterocycles. The van der Waals surface area contributed by atoms with Gasteiger partial charge in [-0.25, -0.2) is 10.1 Å². The molecule has 0 saturated heterocycles. The first-order valence-corrected chi connectivity index (χ1v) is 7.25. The van der Waals surface area contributed by atoms with E-state index in [0.29, 0.717) is 24.3 Å². The van der Waals surface area contributed by atoms with Crippen LogP contribution in [0.25, 0.3) is 10.9 Å². The van der Waals surface area contributed by atoms with Gasteiger partial charge in [-0.1, -0.05) is 12.1 Å². The highest BCUT2D eigenvalue weighted by molar-refractivity contribution is 5.88. The molecule has 0 fully saturated rings. The molecule has 0 radical (unpaired) electrons. The number of H-pyrrole nitrogens is 1. The van der Waals surface area contributed by atoms with E-state index in [-0.39, 0.29) is 17.9 Å². The highest BCUT2D eigenvalue weighted by Gasteiger charge is 2.07. The van der Waals surface area contributed by atoms with Crippen molar-refractivity contribution in [2.75, 3.05) is 5.32 Å². The summed E-state index contributed by atoms with van der Waals surface area (Å²) in [6.07, 6.45) is 3.65. The Balaban J connectivity index is 1.64. The first-order valence-electron chi connectivity index (χ1n) is 7.25. The fraction of sp³-hybridized carbons (Fsp3) is 0.267. The SMILES string of the molecule is Cc1cccc2c(=O)n(CCCC(=O)Nc3ncn[nH]3)cnc12. The molecular formula is C15H16N6O2. The summed E-state index contributed by atoms with van der Waals surface area (Å²) < 4.78 is 1.53. The van der Waals surface area contributed by atoms with Gasteiger partial charge in [0, 0.05) is 13.0 Å². The summed E-state index contributed by atoms with van der Waals surface area (Å²) >= 11 is 0. The van der Waals surface area contributed by atoms with Crippen LogP contribution in [0.5, 0.6) is 0 Å². The zero-order chi connectivity index (χ0) is 16.2. The Morgan fingerprint density at radius 2 is 2.22 bits per heavy atom. The molecule has 8 nitrogen and oxygen atoms in total. The van der Waals surface area contributed by atoms with Gasteiger partial charge in [-0.3, -0.25) is 19.5 Å². The second kappa shape index (κ2) is 6.39. The number of aryl methyl sites for hydroxylation is 2. The quantitative estimate of drug-likeness (QED) is 0.737. The van der Waals surface area contributed by atoms with Crippen molar-refractivity contribution in [3.8, 4) is 0 Å². The fourth-order valence-electron chi connectivity index (χ4n) is 2.37. The molecule has 0 aliphatic carbocycles. The van der Waals surface area contributed by atoms with Crippen LogP contribution in [0.3, 0.4) is 0 Å². The van der Waals surface area contributed by atoms with Gasteiger partial charge in [0.1, 0.15) is 6.33 Å². The topological polar surface area (TPSA) is 106 Å². The van der Waals surface area contributed by atoms with Crippen molar-refractivity contribution in [3.05, 3.63) is 46.8 Å². The third-order valence-corrected chi connectivity index (χ3v) is 3.53. The summed E-state index contributed by atoms with van der Waals surface area (Å²) in [7, 11) is 0. The molecule has 0 spiro atoms. The number of aromatic amines is 1. The van der Waals surface area contributed by atoms with E-state index in [1.54, 1.807) is 6.07 Å². The summed E-state index contributed by atoms with van der Waals surface area (Å²) in [5.74, 6) is 0.134. The fourth-order valence-corrected chi connectivity index (χ4v) is 2.37. The predicted octanol–water partition coefficient (Wildman–Crippen LogP) is 1.24. The van der Waals surface area contributed by atoms with E-state index < -0.39 is 0 Å². The zero-order valence-corrected chi connectivity index (χ0v) is 12.6. The number of anilines is 1. The number of carbonyl (C=O) groups is 1. The molecule has 8 heteroatoms. The number of para-hydroxylation sites is 1. The van der Waals surface area contributed by atoms with E-state index in [4.69, 9.17) is 0 Å². The lowest BCUT2D eigenvalue weighted by atomic mass is 10.1. The lowest BCUT2D eigenvalue weighted by Gasteiger charge is -2.07. The van der Waals surface area contributed by atoms with Crippen LogP contribution in [0.1, 0.15) is 18.4 Å². The molecule has 118 valence electrons. The number of nitrogens with one attached hydrogen (secondary N) is 2. The predicted molar refractivity (Wildman–Crippen MR) is 85.0 cm³/mol. The zero-order valence-electron chi connectivity index (χ0n) is 12.6. The van der Waals surface area contributed by atoms with Crippen molar-refractivity contribution in [1.29, 1.82) is 0 Å². The van der Waals surface area contributed by atoms with Gasteiger partial charge in [0.25, 0.3) is 5.56 Å². The third kappa shape index (κ3) is 3.25. The minimum atomic E-state index is -0.181. The van der Waals surface area contributed by atoms with Crippen molar-refractivity contribution in [3.63, 3.8) is 0 Å². The number of aromatic nitrogens is 5. The van der Waals surface area contributed by atoms with Gasteiger partial charge >= 0.3 is 0 Å². The van der Waals surface area contributed by atoms with Gasteiger partial charge in [0.2, 0.25) is 11.9 Å². The number of hydrogen-bond acceptors (Lipinski definition) is 5. The van der Waals surface area contributed by atoms with Crippen LogP contribution < -0.4 is 10.9 Å². The molecule has 1 aromatic carbocycles. The molecule has 0 aliphatic rings. The van der Waals surface area contributed by atoms with Gasteiger partial charge in [-0.05, 0) is 25.0 Å². The monoisotopic (exact) mass is 312 g/mol. The van der Waals surface area contributed by atoms with Crippen LogP contribution >= 0.6 is 0 Å². The standard InChI is InChI=1S/C15H16N6O2/c1-10-4-2-5-11-13(10)17-9-21(14(11)23)7-3-6-12(22)19-15-16-8-18-20-15/h2,4-5,8-9H,3,6-7H2,1H3,(H2,16,18,19,20,22). The maximum Gasteiger partial charge on any atom is 0.261 e. The molecule has 2 heterocycles. The minimum absolute atomic E-state index is 0.0886. The van der Waals surface area contributed by atoms with Crippen LogP contribution in [0.4, 0.5) is 5.95 Å². The first kappa shape index (κ1) is 14.9. The lowest BCUT2D eigenvalue weighted by Crippen LogP contribution is -2.22. The van der Waals surface area contributed by atoms with E-state index >= 15 is 0 Å². The number of nitrogens with zero attached hydrogens (tertiary/aromatic N) is 4. The van der Waals surface area contributed by atoms with Crippen molar-refractivity contribution < 1.29 is 4.79 Å². The molecule has 0 saturated carbocycles. The van der Waals surface area contributed by atoms with Crippen LogP contribution in [0.2, 0.25) is 0 Å². The summed E-state index contributed by atoms with van der Waals surface area (Å²) in [5.41, 5.74) is 1.60. The van der Waals surface area contributed by atoms with Gasteiger partial charge in [-0.15, -0.1) is 0 Å². The molecule has 0 bridgehead atoms. The number of amides is 1. The Bertz CT molecular complexity index is 885. The normalized spacial score (nSPS) is 10.8. The van der Waals surface area contributed by atoms with Crippen molar-refractivity contribution in [1.82, 2.24) is 24.7 Å². The molecule has 0 atom stereocenters. The molecule has 0 unspecified atom stereocenters. The van der Waals surface area contributed by atoms with Gasteiger partial charge < -0.3 is 0 Å². The van der Waals surface area contributed by atoms with Crippen LogP contribution in [-0.4, -0.2) is 30.6 Å². The van der Waals surface area contributed by atoms with Crippen LogP contribution in [0, 0.1) is 6.92 Å². The Labute approximate surface area is 131 Å². The smallest absolute Gasteiger partial charge is 0.261 e. The number of carbonyl (C=O) groups excluding carboxylic acids is 1. The molecule has 23 heavy (non-hydrogen) atoms. The number of fused-ring (bicyclic) bond motifs is 1. The van der Waals surface area contributed by atoms with Crippen molar-refractivity contribution >= 4 is 22.8 Å². The maximum atomic E-state index is 12.4. The van der Waals surface area contributed by atoms with Gasteiger partial charge in [0.05, 0.1) is 17.2 Å². The minimum Gasteiger partial charge on any atom is -0.299 e. The second-order valence-corrected chi connectivity index (χ2v) is 5.20. The van der Waals surface area contributed by atoms with Crippen molar-refractivity contribution in [2.45, 2.75) is 26.3 Å². The number of hydrogen-bond donors (Lipinski definition) is 2. The summed E-state index contributed by atoms with van der Waals surface area (Å²) in [4.78, 5) is 32.3. The van der Waals surface area contributed by atoms with E-state index in [9.17, 15) is 9.59 Å².